The number of rotatable bonds is 7. The maximum absolute atomic E-state index is 12.2. The number of benzene rings is 1. The normalized spacial score (nSPS) is 14.1. The van der Waals surface area contributed by atoms with Crippen molar-refractivity contribution in [2.45, 2.75) is 31.5 Å². The Morgan fingerprint density at radius 2 is 1.78 bits per heavy atom. The summed E-state index contributed by atoms with van der Waals surface area (Å²) in [6.45, 7) is 1.08. The van der Waals surface area contributed by atoms with Crippen LogP contribution in [0.1, 0.15) is 29.3 Å². The van der Waals surface area contributed by atoms with Gasteiger partial charge in [-0.05, 0) is 31.0 Å². The van der Waals surface area contributed by atoms with Crippen molar-refractivity contribution in [2.24, 2.45) is 0 Å². The zero-order chi connectivity index (χ0) is 17.7. The smallest absolute Gasteiger partial charge is 0.389 e. The van der Waals surface area contributed by atoms with Crippen molar-refractivity contribution in [3.05, 3.63) is 35.4 Å². The molecule has 0 aliphatic carbocycles. The number of hydrogen-bond donors (Lipinski definition) is 2. The molecule has 128 valence electrons. The number of carbonyl (C=O) groups excluding carboxylic acids is 1. The molecule has 1 rings (SSSR count). The van der Waals surface area contributed by atoms with Crippen molar-refractivity contribution < 1.29 is 32.6 Å². The van der Waals surface area contributed by atoms with Gasteiger partial charge >= 0.3 is 12.1 Å². The molecule has 0 aliphatic heterocycles. The highest BCUT2D eigenvalue weighted by Gasteiger charge is 2.35. The van der Waals surface area contributed by atoms with Crippen LogP contribution in [0.5, 0.6) is 0 Å². The molecule has 0 spiro atoms. The molecule has 0 aliphatic rings. The van der Waals surface area contributed by atoms with Gasteiger partial charge in [0.25, 0.3) is 5.91 Å². The molecule has 1 unspecified atom stereocenters. The summed E-state index contributed by atoms with van der Waals surface area (Å²) in [4.78, 5) is 23.3. The predicted molar refractivity (Wildman–Crippen MR) is 76.2 cm³/mol. The molecule has 1 aromatic rings. The largest absolute Gasteiger partial charge is 0.479 e. The van der Waals surface area contributed by atoms with E-state index in [-0.39, 0.29) is 18.6 Å². The second-order valence-corrected chi connectivity index (χ2v) is 5.34. The quantitative estimate of drug-likeness (QED) is 0.803. The van der Waals surface area contributed by atoms with Gasteiger partial charge in [-0.2, -0.15) is 13.2 Å². The van der Waals surface area contributed by atoms with Crippen molar-refractivity contribution in [1.82, 2.24) is 5.32 Å². The van der Waals surface area contributed by atoms with Crippen molar-refractivity contribution in [3.63, 3.8) is 0 Å². The van der Waals surface area contributed by atoms with Crippen LogP contribution in [0.2, 0.25) is 0 Å². The van der Waals surface area contributed by atoms with Crippen LogP contribution in [-0.4, -0.2) is 42.4 Å². The van der Waals surface area contributed by atoms with Crippen LogP contribution in [0.4, 0.5) is 13.2 Å². The van der Waals surface area contributed by atoms with Gasteiger partial charge in [-0.3, -0.25) is 4.79 Å². The van der Waals surface area contributed by atoms with Gasteiger partial charge < -0.3 is 15.2 Å². The maximum atomic E-state index is 12.2. The van der Waals surface area contributed by atoms with Crippen molar-refractivity contribution >= 4 is 11.9 Å². The van der Waals surface area contributed by atoms with Crippen molar-refractivity contribution in [3.8, 4) is 0 Å². The predicted octanol–water partition coefficient (Wildman–Crippen LogP) is 2.40. The number of methoxy groups -OCH3 is 1. The molecule has 1 amide bonds. The number of alkyl halides is 3. The highest BCUT2D eigenvalue weighted by Crippen LogP contribution is 2.22. The first-order valence-corrected chi connectivity index (χ1v) is 6.78. The Balaban J connectivity index is 2.75. The lowest BCUT2D eigenvalue weighted by Gasteiger charge is -2.25. The third-order valence-electron chi connectivity index (χ3n) is 3.21. The van der Waals surface area contributed by atoms with E-state index in [0.717, 1.165) is 0 Å². The highest BCUT2D eigenvalue weighted by atomic mass is 19.4. The van der Waals surface area contributed by atoms with Gasteiger partial charge in [0.2, 0.25) is 0 Å². The monoisotopic (exact) mass is 333 g/mol. The summed E-state index contributed by atoms with van der Waals surface area (Å²) in [5.74, 6) is -1.90. The van der Waals surface area contributed by atoms with E-state index in [1.165, 1.54) is 38.3 Å². The first-order valence-electron chi connectivity index (χ1n) is 6.78. The van der Waals surface area contributed by atoms with Crippen LogP contribution < -0.4 is 5.32 Å². The molecule has 5 nitrogen and oxygen atoms in total. The second kappa shape index (κ2) is 7.45. The standard InChI is InChI=1S/C15H18F3NO4/c1-14(9-23-2,13(21)22)19-12(20)11-5-3-10(4-6-11)7-8-15(16,17)18/h3-6H,7-9H2,1-2H3,(H,19,20)(H,21,22). The minimum atomic E-state index is -4.24. The Hall–Kier alpha value is -2.09. The number of ether oxygens (including phenoxy) is 1. The Morgan fingerprint density at radius 3 is 2.22 bits per heavy atom. The SMILES string of the molecule is COCC(C)(NC(=O)c1ccc(CCC(F)(F)F)cc1)C(=O)O. The van der Waals surface area contributed by atoms with Gasteiger partial charge in [0.05, 0.1) is 6.61 Å². The fourth-order valence-corrected chi connectivity index (χ4v) is 1.87. The van der Waals surface area contributed by atoms with Gasteiger partial charge in [0.15, 0.2) is 5.54 Å². The molecule has 23 heavy (non-hydrogen) atoms. The molecule has 8 heteroatoms. The molecule has 2 N–H and O–H groups in total. The van der Waals surface area contributed by atoms with Crippen LogP contribution in [0.3, 0.4) is 0 Å². The molecule has 1 aromatic carbocycles. The number of carbonyl (C=O) groups is 2. The summed E-state index contributed by atoms with van der Waals surface area (Å²) >= 11 is 0. The van der Waals surface area contributed by atoms with Crippen molar-refractivity contribution in [1.29, 1.82) is 0 Å². The molecule has 0 fully saturated rings. The number of nitrogens with one attached hydrogen (secondary N) is 1. The minimum absolute atomic E-state index is 0.157. The van der Waals surface area contributed by atoms with Gasteiger partial charge in [-0.25, -0.2) is 4.79 Å². The van der Waals surface area contributed by atoms with Crippen LogP contribution in [0.25, 0.3) is 0 Å². The van der Waals surface area contributed by atoms with Crippen LogP contribution in [-0.2, 0) is 16.0 Å². The van der Waals surface area contributed by atoms with Gasteiger partial charge in [0.1, 0.15) is 0 Å². The summed E-state index contributed by atoms with van der Waals surface area (Å²) in [6.07, 6.45) is -5.36. The van der Waals surface area contributed by atoms with Crippen LogP contribution in [0, 0.1) is 0 Å². The van der Waals surface area contributed by atoms with E-state index in [4.69, 9.17) is 9.84 Å². The summed E-state index contributed by atoms with van der Waals surface area (Å²) in [6, 6.07) is 5.54. The molecule has 0 radical (unpaired) electrons. The summed E-state index contributed by atoms with van der Waals surface area (Å²) in [5, 5.41) is 11.5. The lowest BCUT2D eigenvalue weighted by atomic mass is 10.0. The van der Waals surface area contributed by atoms with E-state index in [0.29, 0.717) is 5.56 Å². The maximum Gasteiger partial charge on any atom is 0.389 e. The van der Waals surface area contributed by atoms with E-state index < -0.39 is 30.0 Å². The number of halogens is 3. The molecular weight excluding hydrogens is 315 g/mol. The molecule has 1 atom stereocenters. The van der Waals surface area contributed by atoms with E-state index in [9.17, 15) is 22.8 Å². The summed E-state index contributed by atoms with van der Waals surface area (Å²) in [5.41, 5.74) is -0.998. The summed E-state index contributed by atoms with van der Waals surface area (Å²) in [7, 11) is 1.31. The lowest BCUT2D eigenvalue weighted by Crippen LogP contribution is -2.55. The van der Waals surface area contributed by atoms with Gasteiger partial charge in [-0.1, -0.05) is 12.1 Å². The fourth-order valence-electron chi connectivity index (χ4n) is 1.87. The molecular formula is C15H18F3NO4. The molecule has 0 saturated heterocycles. The number of aliphatic carboxylic acids is 1. The second-order valence-electron chi connectivity index (χ2n) is 5.34. The third-order valence-corrected chi connectivity index (χ3v) is 3.21. The average Bonchev–Trinajstić information content (AvgIpc) is 2.45. The van der Waals surface area contributed by atoms with Gasteiger partial charge in [0, 0.05) is 19.1 Å². The zero-order valence-corrected chi connectivity index (χ0v) is 12.7. The van der Waals surface area contributed by atoms with E-state index in [2.05, 4.69) is 5.32 Å². The summed E-state index contributed by atoms with van der Waals surface area (Å²) < 4.78 is 41.2. The number of aryl methyl sites for hydroxylation is 1. The number of hydrogen-bond acceptors (Lipinski definition) is 3. The molecule has 0 aromatic heterocycles. The Labute approximate surface area is 131 Å². The number of carboxylic acid groups (broad SMARTS) is 1. The lowest BCUT2D eigenvalue weighted by molar-refractivity contribution is -0.146. The Morgan fingerprint density at radius 1 is 1.22 bits per heavy atom. The fraction of sp³-hybridized carbons (Fsp3) is 0.467. The van der Waals surface area contributed by atoms with E-state index in [1.807, 2.05) is 0 Å². The number of carboxylic acids is 1. The minimum Gasteiger partial charge on any atom is -0.479 e. The van der Waals surface area contributed by atoms with E-state index >= 15 is 0 Å². The Kier molecular flexibility index (Phi) is 6.14. The molecule has 0 saturated carbocycles. The number of amides is 1. The first-order chi connectivity index (χ1) is 10.6. The first kappa shape index (κ1) is 19.0. The topological polar surface area (TPSA) is 75.6 Å². The Bertz CT molecular complexity index is 557. The molecule has 0 bridgehead atoms. The van der Waals surface area contributed by atoms with E-state index in [1.54, 1.807) is 0 Å². The van der Waals surface area contributed by atoms with Crippen molar-refractivity contribution in [2.75, 3.05) is 13.7 Å². The van der Waals surface area contributed by atoms with Crippen LogP contribution in [0.15, 0.2) is 24.3 Å². The molecule has 0 heterocycles. The third kappa shape index (κ3) is 5.90. The van der Waals surface area contributed by atoms with Gasteiger partial charge in [-0.15, -0.1) is 0 Å². The average molecular weight is 333 g/mol. The van der Waals surface area contributed by atoms with Crippen LogP contribution >= 0.6 is 0 Å². The highest BCUT2D eigenvalue weighted by molar-refractivity contribution is 5.97. The zero-order valence-electron chi connectivity index (χ0n) is 12.7.